The molecule has 0 fully saturated rings. The third kappa shape index (κ3) is 4.05. The lowest BCUT2D eigenvalue weighted by Crippen LogP contribution is -2.15. The maximum Gasteiger partial charge on any atom is 0.275 e. The van der Waals surface area contributed by atoms with Crippen molar-refractivity contribution in [1.29, 1.82) is 0 Å². The first-order chi connectivity index (χ1) is 12.0. The van der Waals surface area contributed by atoms with Crippen LogP contribution >= 0.6 is 0 Å². The number of carbonyl (C=O) groups excluding carboxylic acids is 2. The van der Waals surface area contributed by atoms with Gasteiger partial charge in [0.2, 0.25) is 5.95 Å². The van der Waals surface area contributed by atoms with Crippen LogP contribution < -0.4 is 10.6 Å². The van der Waals surface area contributed by atoms with Crippen LogP contribution in [-0.4, -0.2) is 26.8 Å². The number of Topliss-reactive ketones (excluding diaryl/α,β-unsaturated/α-hetero) is 1. The molecule has 3 aromatic rings. The number of amides is 1. The van der Waals surface area contributed by atoms with E-state index in [0.717, 1.165) is 0 Å². The number of benzene rings is 1. The SMILES string of the molecule is CC(=O)c1ccc(Nc2nccc(C(=O)Nc3cc(C)on3)n2)cc1. The van der Waals surface area contributed by atoms with E-state index >= 15 is 0 Å². The highest BCUT2D eigenvalue weighted by Gasteiger charge is 2.11. The summed E-state index contributed by atoms with van der Waals surface area (Å²) in [5, 5.41) is 9.28. The van der Waals surface area contributed by atoms with Gasteiger partial charge in [0, 0.05) is 23.5 Å². The quantitative estimate of drug-likeness (QED) is 0.689. The van der Waals surface area contributed by atoms with Gasteiger partial charge >= 0.3 is 0 Å². The van der Waals surface area contributed by atoms with Crippen molar-refractivity contribution in [3.63, 3.8) is 0 Å². The van der Waals surface area contributed by atoms with Gasteiger partial charge in [-0.1, -0.05) is 5.16 Å². The maximum atomic E-state index is 12.2. The van der Waals surface area contributed by atoms with E-state index in [2.05, 4.69) is 25.8 Å². The summed E-state index contributed by atoms with van der Waals surface area (Å²) in [5.41, 5.74) is 1.50. The molecule has 1 aromatic carbocycles. The Labute approximate surface area is 143 Å². The van der Waals surface area contributed by atoms with E-state index in [1.54, 1.807) is 37.3 Å². The van der Waals surface area contributed by atoms with E-state index in [0.29, 0.717) is 22.8 Å². The van der Waals surface area contributed by atoms with Gasteiger partial charge in [-0.25, -0.2) is 9.97 Å². The van der Waals surface area contributed by atoms with E-state index in [4.69, 9.17) is 4.52 Å². The summed E-state index contributed by atoms with van der Waals surface area (Å²) in [7, 11) is 0. The van der Waals surface area contributed by atoms with Crippen molar-refractivity contribution in [2.75, 3.05) is 10.6 Å². The van der Waals surface area contributed by atoms with E-state index in [1.807, 2.05) is 0 Å². The second-order valence-electron chi connectivity index (χ2n) is 5.30. The molecule has 0 saturated heterocycles. The zero-order valence-corrected chi connectivity index (χ0v) is 13.6. The van der Waals surface area contributed by atoms with Crippen molar-refractivity contribution in [2.24, 2.45) is 0 Å². The molecule has 1 amide bonds. The van der Waals surface area contributed by atoms with E-state index in [9.17, 15) is 9.59 Å². The fraction of sp³-hybridized carbons (Fsp3) is 0.118. The molecule has 0 radical (unpaired) electrons. The van der Waals surface area contributed by atoms with Crippen molar-refractivity contribution < 1.29 is 14.1 Å². The van der Waals surface area contributed by atoms with Crippen LogP contribution in [0.1, 0.15) is 33.5 Å². The molecule has 8 nitrogen and oxygen atoms in total. The summed E-state index contributed by atoms with van der Waals surface area (Å²) in [5.74, 6) is 0.736. The number of rotatable bonds is 5. The predicted molar refractivity (Wildman–Crippen MR) is 91.0 cm³/mol. The first-order valence-electron chi connectivity index (χ1n) is 7.47. The molecule has 2 N–H and O–H groups in total. The van der Waals surface area contributed by atoms with Crippen LogP contribution in [0.4, 0.5) is 17.5 Å². The number of anilines is 3. The van der Waals surface area contributed by atoms with Crippen molar-refractivity contribution in [2.45, 2.75) is 13.8 Å². The van der Waals surface area contributed by atoms with Gasteiger partial charge in [0.1, 0.15) is 11.5 Å². The molecule has 0 aliphatic rings. The van der Waals surface area contributed by atoms with Gasteiger partial charge in [0.25, 0.3) is 5.91 Å². The fourth-order valence-electron chi connectivity index (χ4n) is 2.07. The van der Waals surface area contributed by atoms with Gasteiger partial charge in [-0.15, -0.1) is 0 Å². The maximum absolute atomic E-state index is 12.2. The van der Waals surface area contributed by atoms with Crippen LogP contribution in [0.15, 0.2) is 47.1 Å². The highest BCUT2D eigenvalue weighted by Crippen LogP contribution is 2.15. The lowest BCUT2D eigenvalue weighted by molar-refractivity contribution is 0.101. The Morgan fingerprint density at radius 3 is 2.52 bits per heavy atom. The van der Waals surface area contributed by atoms with Gasteiger partial charge in [-0.2, -0.15) is 0 Å². The van der Waals surface area contributed by atoms with Crippen molar-refractivity contribution in [1.82, 2.24) is 15.1 Å². The molecule has 0 bridgehead atoms. The van der Waals surface area contributed by atoms with Crippen molar-refractivity contribution in [3.8, 4) is 0 Å². The smallest absolute Gasteiger partial charge is 0.275 e. The highest BCUT2D eigenvalue weighted by atomic mass is 16.5. The molecule has 126 valence electrons. The van der Waals surface area contributed by atoms with Crippen LogP contribution in [0, 0.1) is 6.92 Å². The first kappa shape index (κ1) is 16.3. The average Bonchev–Trinajstić information content (AvgIpc) is 3.00. The summed E-state index contributed by atoms with van der Waals surface area (Å²) < 4.78 is 4.90. The number of ketones is 1. The number of hydrogen-bond acceptors (Lipinski definition) is 7. The van der Waals surface area contributed by atoms with Crippen LogP contribution in [0.25, 0.3) is 0 Å². The zero-order chi connectivity index (χ0) is 17.8. The molecular formula is C17H15N5O3. The molecule has 8 heteroatoms. The van der Waals surface area contributed by atoms with Gasteiger partial charge < -0.3 is 15.2 Å². The van der Waals surface area contributed by atoms with Crippen LogP contribution in [-0.2, 0) is 0 Å². The second-order valence-corrected chi connectivity index (χ2v) is 5.30. The number of nitrogens with one attached hydrogen (secondary N) is 2. The van der Waals surface area contributed by atoms with Gasteiger partial charge in [0.05, 0.1) is 0 Å². The number of nitrogens with zero attached hydrogens (tertiary/aromatic N) is 3. The fourth-order valence-corrected chi connectivity index (χ4v) is 2.07. The molecule has 0 aliphatic heterocycles. The second kappa shape index (κ2) is 6.91. The Hall–Kier alpha value is -3.55. The number of aromatic nitrogens is 3. The minimum Gasteiger partial charge on any atom is -0.360 e. The lowest BCUT2D eigenvalue weighted by Gasteiger charge is -2.06. The van der Waals surface area contributed by atoms with Gasteiger partial charge in [-0.3, -0.25) is 9.59 Å². The number of hydrogen-bond donors (Lipinski definition) is 2. The molecule has 0 aliphatic carbocycles. The summed E-state index contributed by atoms with van der Waals surface area (Å²) >= 11 is 0. The first-order valence-corrected chi connectivity index (χ1v) is 7.47. The Morgan fingerprint density at radius 1 is 1.12 bits per heavy atom. The molecule has 0 saturated carbocycles. The molecule has 25 heavy (non-hydrogen) atoms. The monoisotopic (exact) mass is 337 g/mol. The summed E-state index contributed by atoms with van der Waals surface area (Å²) in [6.07, 6.45) is 1.47. The van der Waals surface area contributed by atoms with Crippen LogP contribution in [0.2, 0.25) is 0 Å². The highest BCUT2D eigenvalue weighted by molar-refractivity contribution is 6.02. The summed E-state index contributed by atoms with van der Waals surface area (Å²) in [4.78, 5) is 31.7. The zero-order valence-electron chi connectivity index (χ0n) is 13.6. The largest absolute Gasteiger partial charge is 0.360 e. The summed E-state index contributed by atoms with van der Waals surface area (Å²) in [6.45, 7) is 3.23. The summed E-state index contributed by atoms with van der Waals surface area (Å²) in [6, 6.07) is 9.99. The average molecular weight is 337 g/mol. The predicted octanol–water partition coefficient (Wildman–Crippen LogP) is 2.97. The van der Waals surface area contributed by atoms with Crippen molar-refractivity contribution >= 4 is 29.1 Å². The molecule has 0 spiro atoms. The van der Waals surface area contributed by atoms with E-state index < -0.39 is 5.91 Å². The standard InChI is InChI=1S/C17H15N5O3/c1-10-9-15(22-25-10)21-16(24)14-7-8-18-17(20-14)19-13-5-3-12(4-6-13)11(2)23/h3-9H,1-2H3,(H,18,19,20)(H,21,22,24). The third-order valence-corrected chi connectivity index (χ3v) is 3.31. The molecule has 0 atom stereocenters. The minimum absolute atomic E-state index is 0.00967. The molecule has 0 unspecified atom stereocenters. The number of aryl methyl sites for hydroxylation is 1. The number of carbonyl (C=O) groups is 2. The lowest BCUT2D eigenvalue weighted by atomic mass is 10.1. The topological polar surface area (TPSA) is 110 Å². The minimum atomic E-state index is -0.425. The van der Waals surface area contributed by atoms with Gasteiger partial charge in [0.15, 0.2) is 11.6 Å². The molecule has 2 aromatic heterocycles. The van der Waals surface area contributed by atoms with E-state index in [-0.39, 0.29) is 17.4 Å². The Kier molecular flexibility index (Phi) is 4.51. The Balaban J connectivity index is 1.72. The molecule has 2 heterocycles. The normalized spacial score (nSPS) is 10.3. The van der Waals surface area contributed by atoms with Crippen LogP contribution in [0.3, 0.4) is 0 Å². The van der Waals surface area contributed by atoms with E-state index in [1.165, 1.54) is 19.2 Å². The van der Waals surface area contributed by atoms with Crippen molar-refractivity contribution in [3.05, 3.63) is 59.6 Å². The Morgan fingerprint density at radius 2 is 1.88 bits per heavy atom. The molecule has 3 rings (SSSR count). The Bertz CT molecular complexity index is 918. The third-order valence-electron chi connectivity index (χ3n) is 3.31. The molecular weight excluding hydrogens is 322 g/mol. The van der Waals surface area contributed by atoms with Crippen LogP contribution in [0.5, 0.6) is 0 Å². The van der Waals surface area contributed by atoms with Gasteiger partial charge in [-0.05, 0) is 44.2 Å².